The minimum absolute atomic E-state index is 0.0235. The molecule has 0 aliphatic carbocycles. The fourth-order valence-electron chi connectivity index (χ4n) is 1.76. The van der Waals surface area contributed by atoms with E-state index in [1.807, 2.05) is 40.2 Å². The first-order chi connectivity index (χ1) is 9.38. The molecule has 5 nitrogen and oxygen atoms in total. The number of hydrogen-bond acceptors (Lipinski definition) is 4. The number of nitrogens with two attached hydrogens (primary N) is 1. The van der Waals surface area contributed by atoms with Crippen LogP contribution in [0.25, 0.3) is 0 Å². The maximum Gasteiger partial charge on any atom is 0.225 e. The molecule has 0 aliphatic rings. The van der Waals surface area contributed by atoms with E-state index in [0.717, 1.165) is 30.9 Å². The van der Waals surface area contributed by atoms with Crippen LogP contribution in [0.2, 0.25) is 0 Å². The van der Waals surface area contributed by atoms with E-state index in [0.29, 0.717) is 12.1 Å². The number of hydrogen-bond donors (Lipinski definition) is 2. The number of anilines is 2. The third-order valence-corrected chi connectivity index (χ3v) is 3.19. The lowest BCUT2D eigenvalue weighted by molar-refractivity contribution is -0.116. The molecule has 1 amide bonds. The number of benzene rings is 1. The first-order valence-corrected chi connectivity index (χ1v) is 6.87. The average molecular weight is 278 g/mol. The molecule has 1 aromatic rings. The number of nitrogens with zero attached hydrogens (tertiary/aromatic N) is 2. The molecule has 0 aromatic heterocycles. The molecule has 3 N–H and O–H groups in total. The number of aryl methyl sites for hydroxylation is 1. The van der Waals surface area contributed by atoms with Crippen molar-refractivity contribution in [2.24, 2.45) is 0 Å². The summed E-state index contributed by atoms with van der Waals surface area (Å²) in [5.74, 6) is 0.0235. The zero-order valence-corrected chi connectivity index (χ0v) is 12.9. The molecule has 0 heterocycles. The Morgan fingerprint density at radius 3 is 2.55 bits per heavy atom. The first-order valence-electron chi connectivity index (χ1n) is 6.87. The molecule has 0 spiro atoms. The van der Waals surface area contributed by atoms with Crippen LogP contribution in [0.3, 0.4) is 0 Å². The lowest BCUT2D eigenvalue weighted by Gasteiger charge is -2.19. The quantitative estimate of drug-likeness (QED) is 0.740. The number of nitrogen functional groups attached to an aromatic ring is 1. The predicted octanol–water partition coefficient (Wildman–Crippen LogP) is 1.40. The van der Waals surface area contributed by atoms with Crippen molar-refractivity contribution >= 4 is 17.3 Å². The van der Waals surface area contributed by atoms with Gasteiger partial charge in [-0.15, -0.1) is 0 Å². The highest BCUT2D eigenvalue weighted by Crippen LogP contribution is 2.18. The summed E-state index contributed by atoms with van der Waals surface area (Å²) in [4.78, 5) is 16.2. The monoisotopic (exact) mass is 278 g/mol. The molecule has 0 radical (unpaired) electrons. The van der Waals surface area contributed by atoms with Crippen LogP contribution in [0.15, 0.2) is 18.2 Å². The molecule has 0 fully saturated rings. The van der Waals surface area contributed by atoms with E-state index < -0.39 is 0 Å². The van der Waals surface area contributed by atoms with Crippen LogP contribution >= 0.6 is 0 Å². The number of likely N-dealkylation sites (N-methyl/N-ethyl adjacent to an activating group) is 2. The van der Waals surface area contributed by atoms with Crippen LogP contribution in [-0.4, -0.2) is 56.5 Å². The molecule has 5 heteroatoms. The molecule has 0 unspecified atom stereocenters. The number of rotatable bonds is 7. The molecular formula is C15H26N4O. The van der Waals surface area contributed by atoms with E-state index in [4.69, 9.17) is 5.73 Å². The SMILES string of the molecule is Cc1ccc(N)cc1NC(=O)CCN(C)CCN(C)C. The summed E-state index contributed by atoms with van der Waals surface area (Å²) in [5, 5.41) is 2.92. The maximum absolute atomic E-state index is 11.9. The fourth-order valence-corrected chi connectivity index (χ4v) is 1.76. The van der Waals surface area contributed by atoms with Gasteiger partial charge in [-0.1, -0.05) is 6.07 Å². The molecule has 0 aliphatic heterocycles. The van der Waals surface area contributed by atoms with Crippen molar-refractivity contribution in [2.75, 3.05) is 51.8 Å². The summed E-state index contributed by atoms with van der Waals surface area (Å²) >= 11 is 0. The molecule has 112 valence electrons. The fraction of sp³-hybridized carbons (Fsp3) is 0.533. The Morgan fingerprint density at radius 1 is 1.20 bits per heavy atom. The second-order valence-corrected chi connectivity index (χ2v) is 5.48. The predicted molar refractivity (Wildman–Crippen MR) is 84.9 cm³/mol. The lowest BCUT2D eigenvalue weighted by Crippen LogP contribution is -2.31. The molecule has 1 rings (SSSR count). The van der Waals surface area contributed by atoms with Gasteiger partial charge in [-0.2, -0.15) is 0 Å². The van der Waals surface area contributed by atoms with Crippen molar-refractivity contribution in [3.05, 3.63) is 23.8 Å². The highest BCUT2D eigenvalue weighted by molar-refractivity contribution is 5.92. The Labute approximate surface area is 121 Å². The molecule has 0 atom stereocenters. The molecule has 0 saturated heterocycles. The smallest absolute Gasteiger partial charge is 0.225 e. The van der Waals surface area contributed by atoms with Gasteiger partial charge in [0.15, 0.2) is 0 Å². The largest absolute Gasteiger partial charge is 0.399 e. The zero-order valence-electron chi connectivity index (χ0n) is 12.9. The Kier molecular flexibility index (Phi) is 6.48. The molecular weight excluding hydrogens is 252 g/mol. The summed E-state index contributed by atoms with van der Waals surface area (Å²) in [6.07, 6.45) is 0.484. The van der Waals surface area contributed by atoms with E-state index in [1.165, 1.54) is 0 Å². The molecule has 0 bridgehead atoms. The van der Waals surface area contributed by atoms with Gasteiger partial charge in [0.05, 0.1) is 0 Å². The van der Waals surface area contributed by atoms with Crippen LogP contribution in [0.1, 0.15) is 12.0 Å². The van der Waals surface area contributed by atoms with Crippen LogP contribution < -0.4 is 11.1 Å². The number of amides is 1. The minimum atomic E-state index is 0.0235. The van der Waals surface area contributed by atoms with Gasteiger partial charge in [0.1, 0.15) is 0 Å². The Morgan fingerprint density at radius 2 is 1.90 bits per heavy atom. The van der Waals surface area contributed by atoms with Crippen LogP contribution in [-0.2, 0) is 4.79 Å². The number of carbonyl (C=O) groups excluding carboxylic acids is 1. The van der Waals surface area contributed by atoms with Crippen molar-refractivity contribution in [1.82, 2.24) is 9.80 Å². The minimum Gasteiger partial charge on any atom is -0.399 e. The van der Waals surface area contributed by atoms with E-state index in [9.17, 15) is 4.79 Å². The van der Waals surface area contributed by atoms with Gasteiger partial charge < -0.3 is 20.9 Å². The van der Waals surface area contributed by atoms with Crippen LogP contribution in [0.4, 0.5) is 11.4 Å². The standard InChI is InChI=1S/C15H26N4O/c1-12-5-6-13(16)11-14(12)17-15(20)7-8-19(4)10-9-18(2)3/h5-6,11H,7-10,16H2,1-4H3,(H,17,20). The Bertz CT molecular complexity index is 445. The Balaban J connectivity index is 2.38. The van der Waals surface area contributed by atoms with E-state index in [1.54, 1.807) is 6.07 Å². The third kappa shape index (κ3) is 6.04. The Hall–Kier alpha value is -1.59. The summed E-state index contributed by atoms with van der Waals surface area (Å²) in [7, 11) is 6.12. The normalized spacial score (nSPS) is 11.1. The van der Waals surface area contributed by atoms with Gasteiger partial charge in [-0.25, -0.2) is 0 Å². The molecule has 1 aromatic carbocycles. The number of nitrogens with one attached hydrogen (secondary N) is 1. The van der Waals surface area contributed by atoms with Gasteiger partial charge in [-0.3, -0.25) is 4.79 Å². The molecule has 0 saturated carbocycles. The average Bonchev–Trinajstić information content (AvgIpc) is 2.38. The third-order valence-electron chi connectivity index (χ3n) is 3.19. The van der Waals surface area contributed by atoms with Crippen LogP contribution in [0, 0.1) is 6.92 Å². The van der Waals surface area contributed by atoms with Crippen LogP contribution in [0.5, 0.6) is 0 Å². The zero-order chi connectivity index (χ0) is 15.1. The van der Waals surface area contributed by atoms with Gasteiger partial charge >= 0.3 is 0 Å². The van der Waals surface area contributed by atoms with E-state index in [-0.39, 0.29) is 5.91 Å². The molecule has 20 heavy (non-hydrogen) atoms. The maximum atomic E-state index is 11.9. The highest BCUT2D eigenvalue weighted by atomic mass is 16.1. The lowest BCUT2D eigenvalue weighted by atomic mass is 10.2. The summed E-state index contributed by atoms with van der Waals surface area (Å²) in [5.41, 5.74) is 8.21. The van der Waals surface area contributed by atoms with Crippen molar-refractivity contribution in [1.29, 1.82) is 0 Å². The first kappa shape index (κ1) is 16.5. The van der Waals surface area contributed by atoms with Crippen molar-refractivity contribution in [3.63, 3.8) is 0 Å². The van der Waals surface area contributed by atoms with E-state index in [2.05, 4.69) is 15.1 Å². The van der Waals surface area contributed by atoms with E-state index >= 15 is 0 Å². The van der Waals surface area contributed by atoms with Crippen molar-refractivity contribution < 1.29 is 4.79 Å². The second kappa shape index (κ2) is 7.87. The summed E-state index contributed by atoms with van der Waals surface area (Å²) < 4.78 is 0. The van der Waals surface area contributed by atoms with Crippen molar-refractivity contribution in [3.8, 4) is 0 Å². The summed E-state index contributed by atoms with van der Waals surface area (Å²) in [6, 6.07) is 5.54. The second-order valence-electron chi connectivity index (χ2n) is 5.48. The summed E-state index contributed by atoms with van der Waals surface area (Å²) in [6.45, 7) is 4.66. The van der Waals surface area contributed by atoms with Gasteiger partial charge in [-0.05, 0) is 45.8 Å². The highest BCUT2D eigenvalue weighted by Gasteiger charge is 2.07. The van der Waals surface area contributed by atoms with Gasteiger partial charge in [0, 0.05) is 37.4 Å². The topological polar surface area (TPSA) is 61.6 Å². The van der Waals surface area contributed by atoms with Gasteiger partial charge in [0.25, 0.3) is 0 Å². The number of carbonyl (C=O) groups is 1. The van der Waals surface area contributed by atoms with Crippen molar-refractivity contribution in [2.45, 2.75) is 13.3 Å². The van der Waals surface area contributed by atoms with Gasteiger partial charge in [0.2, 0.25) is 5.91 Å².